The molecule has 0 amide bonds. The van der Waals surface area contributed by atoms with Crippen LogP contribution in [-0.4, -0.2) is 18.5 Å². The molecule has 18 heavy (non-hydrogen) atoms. The summed E-state index contributed by atoms with van der Waals surface area (Å²) in [5, 5.41) is 8.63. The van der Waals surface area contributed by atoms with Crippen LogP contribution in [0.4, 0.5) is 13.2 Å². The second-order valence-corrected chi connectivity index (χ2v) is 3.37. The first kappa shape index (κ1) is 14.4. The van der Waals surface area contributed by atoms with Crippen LogP contribution < -0.4 is 9.47 Å². The molecule has 0 unspecified atom stereocenters. The van der Waals surface area contributed by atoms with Crippen LogP contribution >= 0.6 is 11.6 Å². The molecule has 0 aliphatic rings. The van der Waals surface area contributed by atoms with E-state index in [9.17, 15) is 13.2 Å². The topological polar surface area (TPSA) is 55.1 Å². The van der Waals surface area contributed by atoms with E-state index in [0.717, 1.165) is 6.20 Å². The number of pyridine rings is 1. The fourth-order valence-electron chi connectivity index (χ4n) is 1.35. The van der Waals surface area contributed by atoms with Gasteiger partial charge in [0.05, 0.1) is 31.7 Å². The zero-order valence-electron chi connectivity index (χ0n) is 9.21. The van der Waals surface area contributed by atoms with Crippen LogP contribution in [0.1, 0.15) is 11.1 Å². The largest absolute Gasteiger partial charge is 0.573 e. The van der Waals surface area contributed by atoms with Crippen molar-refractivity contribution in [1.29, 1.82) is 5.26 Å². The molecular weight excluding hydrogens is 273 g/mol. The van der Waals surface area contributed by atoms with Crippen LogP contribution in [0.3, 0.4) is 0 Å². The smallest absolute Gasteiger partial charge is 0.481 e. The van der Waals surface area contributed by atoms with E-state index in [0.29, 0.717) is 0 Å². The molecule has 4 nitrogen and oxygen atoms in total. The number of nitriles is 1. The highest BCUT2D eigenvalue weighted by Crippen LogP contribution is 2.33. The van der Waals surface area contributed by atoms with Gasteiger partial charge in [-0.05, 0) is 0 Å². The van der Waals surface area contributed by atoms with Crippen molar-refractivity contribution in [2.45, 2.75) is 18.7 Å². The van der Waals surface area contributed by atoms with Gasteiger partial charge in [-0.2, -0.15) is 5.26 Å². The van der Waals surface area contributed by atoms with E-state index in [-0.39, 0.29) is 29.3 Å². The van der Waals surface area contributed by atoms with Gasteiger partial charge in [0.15, 0.2) is 5.75 Å². The van der Waals surface area contributed by atoms with Gasteiger partial charge in [0.25, 0.3) is 0 Å². The van der Waals surface area contributed by atoms with Crippen LogP contribution in [0.2, 0.25) is 0 Å². The second kappa shape index (κ2) is 5.78. The van der Waals surface area contributed by atoms with E-state index in [1.54, 1.807) is 6.07 Å². The maximum absolute atomic E-state index is 12.2. The second-order valence-electron chi connectivity index (χ2n) is 3.11. The minimum Gasteiger partial charge on any atom is -0.481 e. The summed E-state index contributed by atoms with van der Waals surface area (Å²) in [4.78, 5) is 3.65. The first-order chi connectivity index (χ1) is 8.42. The summed E-state index contributed by atoms with van der Waals surface area (Å²) in [6, 6.07) is 1.75. The van der Waals surface area contributed by atoms with Crippen molar-refractivity contribution in [1.82, 2.24) is 4.98 Å². The number of rotatable bonds is 4. The molecular formula is C10H8ClF3N2O2. The molecule has 0 saturated carbocycles. The summed E-state index contributed by atoms with van der Waals surface area (Å²) >= 11 is 5.63. The summed E-state index contributed by atoms with van der Waals surface area (Å²) in [6.07, 6.45) is -4.29. The van der Waals surface area contributed by atoms with E-state index in [4.69, 9.17) is 21.6 Å². The van der Waals surface area contributed by atoms with Gasteiger partial charge in [0.1, 0.15) is 0 Å². The maximum atomic E-state index is 12.2. The van der Waals surface area contributed by atoms with Crippen LogP contribution in [0, 0.1) is 11.3 Å². The molecule has 0 aromatic carbocycles. The third-order valence-corrected chi connectivity index (χ3v) is 2.29. The Bertz CT molecular complexity index is 471. The number of alkyl halides is 4. The number of hydrogen-bond donors (Lipinski definition) is 0. The predicted molar refractivity (Wildman–Crippen MR) is 56.3 cm³/mol. The van der Waals surface area contributed by atoms with Crippen LogP contribution in [0.15, 0.2) is 6.20 Å². The lowest BCUT2D eigenvalue weighted by Gasteiger charge is -2.15. The van der Waals surface area contributed by atoms with Gasteiger partial charge in [-0.1, -0.05) is 0 Å². The van der Waals surface area contributed by atoms with Crippen molar-refractivity contribution in [3.8, 4) is 17.7 Å². The number of methoxy groups -OCH3 is 1. The number of nitrogens with zero attached hydrogens (tertiary/aromatic N) is 2. The summed E-state index contributed by atoms with van der Waals surface area (Å²) in [7, 11) is 1.30. The Balaban J connectivity index is 3.30. The fourth-order valence-corrected chi connectivity index (χ4v) is 1.63. The zero-order chi connectivity index (χ0) is 13.8. The Morgan fingerprint density at radius 1 is 1.44 bits per heavy atom. The quantitative estimate of drug-likeness (QED) is 0.796. The van der Waals surface area contributed by atoms with Crippen molar-refractivity contribution in [3.05, 3.63) is 17.3 Å². The van der Waals surface area contributed by atoms with Crippen LogP contribution in [-0.2, 0) is 12.3 Å². The first-order valence-electron chi connectivity index (χ1n) is 4.66. The van der Waals surface area contributed by atoms with Gasteiger partial charge < -0.3 is 9.47 Å². The lowest BCUT2D eigenvalue weighted by atomic mass is 10.1. The van der Waals surface area contributed by atoms with Gasteiger partial charge in [-0.15, -0.1) is 24.8 Å². The van der Waals surface area contributed by atoms with Gasteiger partial charge >= 0.3 is 6.36 Å². The first-order valence-corrected chi connectivity index (χ1v) is 5.19. The van der Waals surface area contributed by atoms with Gasteiger partial charge in [-0.25, -0.2) is 4.98 Å². The highest BCUT2D eigenvalue weighted by atomic mass is 35.5. The highest BCUT2D eigenvalue weighted by Gasteiger charge is 2.33. The predicted octanol–water partition coefficient (Wildman–Crippen LogP) is 2.79. The summed E-state index contributed by atoms with van der Waals surface area (Å²) in [5.74, 6) is -0.604. The normalized spacial score (nSPS) is 10.9. The molecule has 1 rings (SSSR count). The fraction of sp³-hybridized carbons (Fsp3) is 0.400. The Hall–Kier alpha value is -1.68. The average molecular weight is 281 g/mol. The summed E-state index contributed by atoms with van der Waals surface area (Å²) in [6.45, 7) is 0. The Labute approximate surface area is 106 Å². The third-order valence-electron chi connectivity index (χ3n) is 2.03. The monoisotopic (exact) mass is 280 g/mol. The molecule has 8 heteroatoms. The Kier molecular flexibility index (Phi) is 4.62. The van der Waals surface area contributed by atoms with Crippen LogP contribution in [0.25, 0.3) is 0 Å². The molecule has 1 aromatic rings. The van der Waals surface area contributed by atoms with Crippen molar-refractivity contribution in [2.75, 3.05) is 7.11 Å². The van der Waals surface area contributed by atoms with Crippen molar-refractivity contribution in [3.63, 3.8) is 0 Å². The minimum absolute atomic E-state index is 0.0247. The zero-order valence-corrected chi connectivity index (χ0v) is 9.97. The summed E-state index contributed by atoms with van der Waals surface area (Å²) in [5.41, 5.74) is 0.235. The van der Waals surface area contributed by atoms with E-state index >= 15 is 0 Å². The SMILES string of the molecule is COc1ncc(OC(F)(F)F)c(CC#N)c1CCl. The van der Waals surface area contributed by atoms with E-state index < -0.39 is 12.1 Å². The lowest BCUT2D eigenvalue weighted by molar-refractivity contribution is -0.275. The van der Waals surface area contributed by atoms with Gasteiger partial charge in [0.2, 0.25) is 5.88 Å². The van der Waals surface area contributed by atoms with Gasteiger partial charge in [0, 0.05) is 11.1 Å². The van der Waals surface area contributed by atoms with E-state index in [2.05, 4.69) is 9.72 Å². The minimum atomic E-state index is -4.86. The highest BCUT2D eigenvalue weighted by molar-refractivity contribution is 6.17. The van der Waals surface area contributed by atoms with Crippen molar-refractivity contribution in [2.24, 2.45) is 0 Å². The number of aromatic nitrogens is 1. The molecule has 0 aliphatic carbocycles. The third kappa shape index (κ3) is 3.40. The number of hydrogen-bond acceptors (Lipinski definition) is 4. The van der Waals surface area contributed by atoms with Crippen LogP contribution in [0.5, 0.6) is 11.6 Å². The Morgan fingerprint density at radius 3 is 2.56 bits per heavy atom. The molecule has 0 spiro atoms. The standard InChI is InChI=1S/C10H8ClF3N2O2/c1-17-9-7(4-11)6(2-3-15)8(5-16-9)18-10(12,13)14/h5H,2,4H2,1H3. The molecule has 0 N–H and O–H groups in total. The average Bonchev–Trinajstić information content (AvgIpc) is 2.29. The van der Waals surface area contributed by atoms with E-state index in [1.165, 1.54) is 7.11 Å². The van der Waals surface area contributed by atoms with E-state index in [1.807, 2.05) is 0 Å². The molecule has 0 saturated heterocycles. The molecule has 0 aliphatic heterocycles. The molecule has 0 fully saturated rings. The molecule has 0 atom stereocenters. The molecule has 98 valence electrons. The molecule has 1 aromatic heterocycles. The Morgan fingerprint density at radius 2 is 2.11 bits per heavy atom. The molecule has 0 radical (unpaired) electrons. The molecule has 0 bridgehead atoms. The van der Waals surface area contributed by atoms with Gasteiger partial charge in [-0.3, -0.25) is 0 Å². The summed E-state index contributed by atoms with van der Waals surface area (Å²) < 4.78 is 45.2. The number of halogens is 4. The van der Waals surface area contributed by atoms with Crippen molar-refractivity contribution < 1.29 is 22.6 Å². The lowest BCUT2D eigenvalue weighted by Crippen LogP contribution is -2.19. The van der Waals surface area contributed by atoms with Crippen molar-refractivity contribution >= 4 is 11.6 Å². The maximum Gasteiger partial charge on any atom is 0.573 e. The molecule has 1 heterocycles. The number of ether oxygens (including phenoxy) is 2.